The Morgan fingerprint density at radius 3 is 1.42 bits per heavy atom. The van der Waals surface area contributed by atoms with Crippen LogP contribution in [0.1, 0.15) is 36.9 Å². The number of hydrogen-bond acceptors (Lipinski definition) is 7. The molecule has 0 radical (unpaired) electrons. The van der Waals surface area contributed by atoms with Gasteiger partial charge in [-0.15, -0.1) is 11.3 Å². The van der Waals surface area contributed by atoms with Gasteiger partial charge >= 0.3 is 0 Å². The first-order valence-corrected chi connectivity index (χ1v) is 16.3. The van der Waals surface area contributed by atoms with Crippen LogP contribution < -0.4 is 10.5 Å². The highest BCUT2D eigenvalue weighted by atomic mass is 32.1. The fraction of sp³-hybridized carbons (Fsp3) is 0.0789. The third-order valence-electron chi connectivity index (χ3n) is 8.21. The van der Waals surface area contributed by atoms with Gasteiger partial charge in [0.1, 0.15) is 0 Å². The number of anilines is 1. The van der Waals surface area contributed by atoms with E-state index in [0.29, 0.717) is 0 Å². The maximum atomic E-state index is 6.00. The number of hydrogen-bond donors (Lipinski definition) is 1. The van der Waals surface area contributed by atoms with E-state index in [9.17, 15) is 0 Å². The van der Waals surface area contributed by atoms with Crippen molar-refractivity contribution in [3.63, 3.8) is 0 Å². The molecule has 2 aliphatic carbocycles. The average molecular weight is 621 g/mol. The number of methoxy groups -OCH3 is 1. The highest BCUT2D eigenvalue weighted by Crippen LogP contribution is 2.41. The number of rotatable bonds is 7. The molecule has 2 aliphatic rings. The van der Waals surface area contributed by atoms with Crippen LogP contribution in [-0.4, -0.2) is 25.8 Å². The molecule has 0 aliphatic heterocycles. The van der Waals surface area contributed by atoms with Crippen molar-refractivity contribution in [1.29, 1.82) is 0 Å². The normalized spacial score (nSPS) is 13.1. The van der Waals surface area contributed by atoms with Crippen LogP contribution in [0.3, 0.4) is 0 Å². The number of nitrogens with zero attached hydrogens (tertiary/aromatic N) is 3. The van der Waals surface area contributed by atoms with E-state index in [0.717, 1.165) is 55.3 Å². The van der Waals surface area contributed by atoms with Gasteiger partial charge in [0.25, 0.3) is 0 Å². The van der Waals surface area contributed by atoms with E-state index in [1.54, 1.807) is 29.8 Å². The smallest absolute Gasteiger partial charge is 0.173 e. The zero-order valence-electron chi connectivity index (χ0n) is 24.5. The lowest BCUT2D eigenvalue weighted by Crippen LogP contribution is -1.86. The minimum atomic E-state index is 0.811. The predicted octanol–water partition coefficient (Wildman–Crippen LogP) is 9.79. The van der Waals surface area contributed by atoms with Crippen LogP contribution in [0, 0.1) is 0 Å². The summed E-state index contributed by atoms with van der Waals surface area (Å²) in [5, 5.41) is 0.886. The van der Waals surface area contributed by atoms with Gasteiger partial charge in [-0.1, -0.05) is 35.6 Å². The minimum absolute atomic E-state index is 0.811. The fourth-order valence-electron chi connectivity index (χ4n) is 6.08. The Balaban J connectivity index is 0.925. The maximum Gasteiger partial charge on any atom is 0.173 e. The van der Waals surface area contributed by atoms with E-state index in [4.69, 9.17) is 25.4 Å². The molecule has 2 aromatic heterocycles. The molecule has 2 N–H and O–H groups in total. The topological polar surface area (TPSA) is 72.3 Å². The summed E-state index contributed by atoms with van der Waals surface area (Å²) >= 11 is 3.26. The highest BCUT2D eigenvalue weighted by Gasteiger charge is 2.20. The summed E-state index contributed by atoms with van der Waals surface area (Å²) in [5.74, 6) is 0. The minimum Gasteiger partial charge on any atom is -0.487 e. The fourth-order valence-corrected chi connectivity index (χ4v) is 7.52. The number of fused-ring (bicyclic) bond motifs is 6. The molecule has 0 spiro atoms. The lowest BCUT2D eigenvalue weighted by atomic mass is 10.1. The molecule has 5 nitrogen and oxygen atoms in total. The predicted molar refractivity (Wildman–Crippen MR) is 191 cm³/mol. The highest BCUT2D eigenvalue weighted by molar-refractivity contribution is 7.15. The first kappa shape index (κ1) is 27.4. The Kier molecular flexibility index (Phi) is 6.97. The number of benzene rings is 4. The van der Waals surface area contributed by atoms with E-state index < -0.39 is 0 Å². The van der Waals surface area contributed by atoms with Crippen LogP contribution >= 0.6 is 22.7 Å². The monoisotopic (exact) mass is 620 g/mol. The zero-order chi connectivity index (χ0) is 30.3. The Bertz CT molecular complexity index is 2190. The molecule has 0 fully saturated rings. The van der Waals surface area contributed by atoms with Crippen LogP contribution in [0.15, 0.2) is 112 Å². The third-order valence-corrected chi connectivity index (χ3v) is 10.1. The molecule has 218 valence electrons. The summed E-state index contributed by atoms with van der Waals surface area (Å²) in [6, 6.07) is 33.7. The van der Waals surface area contributed by atoms with Crippen molar-refractivity contribution in [2.24, 2.45) is 15.0 Å². The van der Waals surface area contributed by atoms with Gasteiger partial charge in [0.2, 0.25) is 0 Å². The molecule has 0 saturated carbocycles. The largest absolute Gasteiger partial charge is 0.487 e. The molecule has 7 heteroatoms. The molecular weight excluding hydrogens is 593 g/mol. The summed E-state index contributed by atoms with van der Waals surface area (Å²) in [6.07, 6.45) is 7.56. The van der Waals surface area contributed by atoms with Crippen molar-refractivity contribution < 1.29 is 4.74 Å². The van der Waals surface area contributed by atoms with Crippen molar-refractivity contribution in [1.82, 2.24) is 0 Å². The first-order chi connectivity index (χ1) is 22.1. The molecule has 0 amide bonds. The SMILES string of the molecule is COc1ccc(C=Nc2ccc3c(c2)Cc2cc(N=Cc4ccc(C=Nc5ccc6c(c5)Cc5cc(N)ccc5-6)s4)ccc2-3)s1. The van der Waals surface area contributed by atoms with Gasteiger partial charge in [0, 0.05) is 39.0 Å². The van der Waals surface area contributed by atoms with E-state index >= 15 is 0 Å². The van der Waals surface area contributed by atoms with E-state index in [1.165, 1.54) is 44.5 Å². The summed E-state index contributed by atoms with van der Waals surface area (Å²) < 4.78 is 5.28. The van der Waals surface area contributed by atoms with Crippen LogP contribution in [-0.2, 0) is 12.8 Å². The number of nitrogens with two attached hydrogens (primary N) is 1. The van der Waals surface area contributed by atoms with Gasteiger partial charge in [0.15, 0.2) is 5.06 Å². The Morgan fingerprint density at radius 2 is 0.956 bits per heavy atom. The number of nitrogen functional groups attached to an aromatic ring is 1. The maximum absolute atomic E-state index is 6.00. The van der Waals surface area contributed by atoms with Crippen molar-refractivity contribution in [2.45, 2.75) is 12.8 Å². The molecule has 2 heterocycles. The molecular formula is C38H28N4OS2. The summed E-state index contributed by atoms with van der Waals surface area (Å²) in [7, 11) is 1.68. The van der Waals surface area contributed by atoms with Crippen molar-refractivity contribution >= 4 is 64.1 Å². The Hall–Kier alpha value is -5.11. The Morgan fingerprint density at radius 1 is 0.533 bits per heavy atom. The van der Waals surface area contributed by atoms with E-state index in [1.807, 2.05) is 36.8 Å². The standard InChI is InChI=1S/C38H28N4OS2/c1-43-38-13-8-33(45-38)22-42-30-5-12-37-26(19-30)15-25-18-29(4-11-36(25)37)41-21-32-7-6-31(44-32)20-40-28-3-10-35-24(17-28)14-23-16-27(39)2-9-34(23)35/h2-13,16-22H,14-15,39H2,1H3. The van der Waals surface area contributed by atoms with Crippen LogP contribution in [0.25, 0.3) is 22.3 Å². The van der Waals surface area contributed by atoms with Crippen molar-refractivity contribution in [2.75, 3.05) is 12.8 Å². The van der Waals surface area contributed by atoms with Crippen LogP contribution in [0.4, 0.5) is 22.7 Å². The van der Waals surface area contributed by atoms with Gasteiger partial charge < -0.3 is 10.5 Å². The molecule has 0 saturated heterocycles. The number of aliphatic imine (C=N–C) groups is 3. The average Bonchev–Trinajstić information content (AvgIpc) is 3.85. The second-order valence-electron chi connectivity index (χ2n) is 11.2. The van der Waals surface area contributed by atoms with Crippen LogP contribution in [0.5, 0.6) is 5.06 Å². The molecule has 4 aromatic carbocycles. The molecule has 45 heavy (non-hydrogen) atoms. The van der Waals surface area contributed by atoms with Gasteiger partial charge in [0.05, 0.1) is 24.2 Å². The molecule has 0 bridgehead atoms. The van der Waals surface area contributed by atoms with E-state index in [-0.39, 0.29) is 0 Å². The molecule has 0 unspecified atom stereocenters. The van der Waals surface area contributed by atoms with Gasteiger partial charge in [-0.05, 0) is 130 Å². The van der Waals surface area contributed by atoms with Gasteiger partial charge in [-0.25, -0.2) is 0 Å². The summed E-state index contributed by atoms with van der Waals surface area (Å²) in [6.45, 7) is 0. The zero-order valence-corrected chi connectivity index (χ0v) is 26.2. The summed E-state index contributed by atoms with van der Waals surface area (Å²) in [4.78, 5) is 17.5. The first-order valence-electron chi connectivity index (χ1n) is 14.7. The summed E-state index contributed by atoms with van der Waals surface area (Å²) in [5.41, 5.74) is 19.9. The lowest BCUT2D eigenvalue weighted by molar-refractivity contribution is 0.427. The second-order valence-corrected chi connectivity index (χ2v) is 13.4. The Labute approximate surface area is 269 Å². The van der Waals surface area contributed by atoms with Crippen molar-refractivity contribution in [3.05, 3.63) is 134 Å². The molecule has 8 rings (SSSR count). The quantitative estimate of drug-likeness (QED) is 0.142. The van der Waals surface area contributed by atoms with E-state index in [2.05, 4.69) is 78.9 Å². The second kappa shape index (κ2) is 11.4. The molecule has 6 aromatic rings. The van der Waals surface area contributed by atoms with Crippen LogP contribution in [0.2, 0.25) is 0 Å². The number of thiophene rings is 2. The van der Waals surface area contributed by atoms with Crippen molar-refractivity contribution in [3.8, 4) is 27.3 Å². The number of ether oxygens (including phenoxy) is 1. The van der Waals surface area contributed by atoms with Gasteiger partial charge in [-0.2, -0.15) is 0 Å². The third kappa shape index (κ3) is 5.52. The van der Waals surface area contributed by atoms with Gasteiger partial charge in [-0.3, -0.25) is 15.0 Å². The molecule has 0 atom stereocenters. The lowest BCUT2D eigenvalue weighted by Gasteiger charge is -2.02.